The molecule has 0 fully saturated rings. The van der Waals surface area contributed by atoms with Crippen molar-refractivity contribution < 1.29 is 9.47 Å². The van der Waals surface area contributed by atoms with E-state index in [0.29, 0.717) is 6.61 Å². The van der Waals surface area contributed by atoms with E-state index in [1.807, 2.05) is 31.2 Å². The van der Waals surface area contributed by atoms with Crippen LogP contribution >= 0.6 is 0 Å². The van der Waals surface area contributed by atoms with Gasteiger partial charge in [0.25, 0.3) is 0 Å². The van der Waals surface area contributed by atoms with Gasteiger partial charge in [0.2, 0.25) is 0 Å². The Bertz CT molecular complexity index is 313. The molecule has 1 aromatic carbocycles. The van der Waals surface area contributed by atoms with Crippen molar-refractivity contribution in [3.63, 3.8) is 0 Å². The van der Waals surface area contributed by atoms with Crippen molar-refractivity contribution in [2.45, 2.75) is 13.0 Å². The molecular weight excluding hydrogens is 178 g/mol. The van der Waals surface area contributed by atoms with Crippen molar-refractivity contribution in [1.29, 1.82) is 5.26 Å². The molecule has 0 radical (unpaired) electrons. The van der Waals surface area contributed by atoms with Crippen LogP contribution in [-0.2, 0) is 4.74 Å². The molecule has 14 heavy (non-hydrogen) atoms. The van der Waals surface area contributed by atoms with E-state index >= 15 is 0 Å². The van der Waals surface area contributed by atoms with Gasteiger partial charge in [-0.3, -0.25) is 0 Å². The largest absolute Gasteiger partial charge is 0.497 e. The van der Waals surface area contributed by atoms with Crippen LogP contribution < -0.4 is 4.74 Å². The average Bonchev–Trinajstić information content (AvgIpc) is 2.26. The first-order valence-electron chi connectivity index (χ1n) is 4.47. The van der Waals surface area contributed by atoms with Gasteiger partial charge in [0.05, 0.1) is 13.2 Å². The summed E-state index contributed by atoms with van der Waals surface area (Å²) in [5.74, 6) is 0.780. The Balaban J connectivity index is 2.79. The third-order valence-corrected chi connectivity index (χ3v) is 1.87. The molecule has 0 aliphatic heterocycles. The van der Waals surface area contributed by atoms with Crippen molar-refractivity contribution in [1.82, 2.24) is 0 Å². The standard InChI is InChI=1S/C11H13NO2/c1-3-14-11(8-12)9-4-6-10(13-2)7-5-9/h4-7,11H,3H2,1-2H3. The summed E-state index contributed by atoms with van der Waals surface area (Å²) in [6, 6.07) is 9.40. The van der Waals surface area contributed by atoms with Gasteiger partial charge in [-0.25, -0.2) is 0 Å². The van der Waals surface area contributed by atoms with Crippen molar-refractivity contribution in [3.8, 4) is 11.8 Å². The zero-order valence-corrected chi connectivity index (χ0v) is 8.36. The lowest BCUT2D eigenvalue weighted by Crippen LogP contribution is -2.01. The van der Waals surface area contributed by atoms with E-state index in [1.165, 1.54) is 0 Å². The summed E-state index contributed by atoms with van der Waals surface area (Å²) in [5.41, 5.74) is 0.857. The van der Waals surface area contributed by atoms with E-state index in [1.54, 1.807) is 7.11 Å². The summed E-state index contributed by atoms with van der Waals surface area (Å²) in [6.45, 7) is 2.40. The summed E-state index contributed by atoms with van der Waals surface area (Å²) in [7, 11) is 1.61. The molecule has 0 heterocycles. The van der Waals surface area contributed by atoms with Crippen LogP contribution in [0.3, 0.4) is 0 Å². The van der Waals surface area contributed by atoms with Crippen molar-refractivity contribution in [3.05, 3.63) is 29.8 Å². The quantitative estimate of drug-likeness (QED) is 0.733. The molecule has 0 N–H and O–H groups in total. The molecule has 1 rings (SSSR count). The zero-order chi connectivity index (χ0) is 10.4. The minimum Gasteiger partial charge on any atom is -0.497 e. The molecule has 0 amide bonds. The molecule has 1 atom stereocenters. The first-order valence-corrected chi connectivity index (χ1v) is 4.47. The van der Waals surface area contributed by atoms with Gasteiger partial charge >= 0.3 is 0 Å². The number of benzene rings is 1. The van der Waals surface area contributed by atoms with Crippen LogP contribution in [0.5, 0.6) is 5.75 Å². The number of nitrogens with zero attached hydrogens (tertiary/aromatic N) is 1. The second-order valence-electron chi connectivity index (χ2n) is 2.74. The second-order valence-corrected chi connectivity index (χ2v) is 2.74. The Morgan fingerprint density at radius 2 is 2.00 bits per heavy atom. The van der Waals surface area contributed by atoms with Gasteiger partial charge in [0.1, 0.15) is 5.75 Å². The molecule has 0 saturated carbocycles. The number of hydrogen-bond donors (Lipinski definition) is 0. The van der Waals surface area contributed by atoms with E-state index in [9.17, 15) is 0 Å². The third kappa shape index (κ3) is 2.48. The van der Waals surface area contributed by atoms with E-state index in [2.05, 4.69) is 6.07 Å². The van der Waals surface area contributed by atoms with Gasteiger partial charge < -0.3 is 9.47 Å². The highest BCUT2D eigenvalue weighted by Gasteiger charge is 2.09. The van der Waals surface area contributed by atoms with E-state index < -0.39 is 6.10 Å². The minimum absolute atomic E-state index is 0.481. The topological polar surface area (TPSA) is 42.2 Å². The maximum Gasteiger partial charge on any atom is 0.169 e. The molecule has 0 spiro atoms. The van der Waals surface area contributed by atoms with Crippen molar-refractivity contribution in [2.75, 3.05) is 13.7 Å². The van der Waals surface area contributed by atoms with Crippen LogP contribution in [0.2, 0.25) is 0 Å². The molecule has 0 aliphatic rings. The Kier molecular flexibility index (Phi) is 3.96. The van der Waals surface area contributed by atoms with E-state index in [4.69, 9.17) is 14.7 Å². The van der Waals surface area contributed by atoms with Crippen molar-refractivity contribution in [2.24, 2.45) is 0 Å². The second kappa shape index (κ2) is 5.25. The first kappa shape index (κ1) is 10.6. The minimum atomic E-state index is -0.481. The van der Waals surface area contributed by atoms with Gasteiger partial charge in [-0.15, -0.1) is 0 Å². The predicted molar refractivity (Wildman–Crippen MR) is 53.0 cm³/mol. The van der Waals surface area contributed by atoms with Gasteiger partial charge in [-0.1, -0.05) is 12.1 Å². The fourth-order valence-corrected chi connectivity index (χ4v) is 1.15. The molecule has 0 saturated heterocycles. The predicted octanol–water partition coefficient (Wildman–Crippen LogP) is 2.30. The molecule has 74 valence electrons. The summed E-state index contributed by atoms with van der Waals surface area (Å²) in [5, 5.41) is 8.83. The smallest absolute Gasteiger partial charge is 0.169 e. The SMILES string of the molecule is CCOC(C#N)c1ccc(OC)cc1. The molecule has 0 bridgehead atoms. The Labute approximate surface area is 83.9 Å². The average molecular weight is 191 g/mol. The maximum absolute atomic E-state index is 8.83. The normalized spacial score (nSPS) is 11.8. The maximum atomic E-state index is 8.83. The Morgan fingerprint density at radius 3 is 2.43 bits per heavy atom. The lowest BCUT2D eigenvalue weighted by molar-refractivity contribution is 0.102. The monoisotopic (exact) mass is 191 g/mol. The molecular formula is C11H13NO2. The summed E-state index contributed by atoms with van der Waals surface area (Å²) < 4.78 is 10.3. The fraction of sp³-hybridized carbons (Fsp3) is 0.364. The molecule has 1 unspecified atom stereocenters. The van der Waals surface area contributed by atoms with Gasteiger partial charge in [-0.2, -0.15) is 5.26 Å². The molecule has 0 aromatic heterocycles. The number of ether oxygens (including phenoxy) is 2. The number of methoxy groups -OCH3 is 1. The van der Waals surface area contributed by atoms with E-state index in [0.717, 1.165) is 11.3 Å². The summed E-state index contributed by atoms with van der Waals surface area (Å²) in [6.07, 6.45) is -0.481. The van der Waals surface area contributed by atoms with Crippen LogP contribution in [0, 0.1) is 11.3 Å². The van der Waals surface area contributed by atoms with Gasteiger partial charge in [0, 0.05) is 6.61 Å². The van der Waals surface area contributed by atoms with Crippen LogP contribution in [0.1, 0.15) is 18.6 Å². The van der Waals surface area contributed by atoms with Gasteiger partial charge in [-0.05, 0) is 24.6 Å². The highest BCUT2D eigenvalue weighted by atomic mass is 16.5. The van der Waals surface area contributed by atoms with Gasteiger partial charge in [0.15, 0.2) is 6.10 Å². The Morgan fingerprint density at radius 1 is 1.36 bits per heavy atom. The molecule has 3 nitrogen and oxygen atoms in total. The van der Waals surface area contributed by atoms with E-state index in [-0.39, 0.29) is 0 Å². The number of nitriles is 1. The Hall–Kier alpha value is -1.53. The van der Waals surface area contributed by atoms with Crippen LogP contribution in [0.15, 0.2) is 24.3 Å². The highest BCUT2D eigenvalue weighted by Crippen LogP contribution is 2.19. The number of rotatable bonds is 4. The van der Waals surface area contributed by atoms with Crippen molar-refractivity contribution >= 4 is 0 Å². The highest BCUT2D eigenvalue weighted by molar-refractivity contribution is 5.30. The third-order valence-electron chi connectivity index (χ3n) is 1.87. The number of hydrogen-bond acceptors (Lipinski definition) is 3. The molecule has 0 aliphatic carbocycles. The lowest BCUT2D eigenvalue weighted by atomic mass is 10.1. The van der Waals surface area contributed by atoms with Crippen LogP contribution in [0.25, 0.3) is 0 Å². The van der Waals surface area contributed by atoms with Crippen LogP contribution in [0.4, 0.5) is 0 Å². The molecule has 3 heteroatoms. The summed E-state index contributed by atoms with van der Waals surface area (Å²) >= 11 is 0. The zero-order valence-electron chi connectivity index (χ0n) is 8.36. The molecule has 1 aromatic rings. The lowest BCUT2D eigenvalue weighted by Gasteiger charge is -2.09. The van der Waals surface area contributed by atoms with Crippen LogP contribution in [-0.4, -0.2) is 13.7 Å². The first-order chi connectivity index (χ1) is 6.81. The summed E-state index contributed by atoms with van der Waals surface area (Å²) in [4.78, 5) is 0. The fourth-order valence-electron chi connectivity index (χ4n) is 1.15.